The van der Waals surface area contributed by atoms with Crippen LogP contribution in [0.15, 0.2) is 64.8 Å². The average molecular weight is 474 g/mol. The molecule has 0 radical (unpaired) electrons. The molecule has 5 rings (SSSR count). The highest BCUT2D eigenvalue weighted by Gasteiger charge is 2.20. The lowest BCUT2D eigenvalue weighted by Crippen LogP contribution is -2.21. The molecule has 0 saturated carbocycles. The van der Waals surface area contributed by atoms with E-state index in [1.165, 1.54) is 40.2 Å². The molecule has 9 nitrogen and oxygen atoms in total. The highest BCUT2D eigenvalue weighted by Crippen LogP contribution is 2.33. The molecular formula is C24H19N5O4S. The zero-order valence-electron chi connectivity index (χ0n) is 17.9. The van der Waals surface area contributed by atoms with Gasteiger partial charge in [0.25, 0.3) is 17.2 Å². The number of fused-ring (bicyclic) bond motifs is 3. The number of hydrogen-bond acceptors (Lipinski definition) is 7. The van der Waals surface area contributed by atoms with Crippen molar-refractivity contribution in [3.8, 4) is 5.69 Å². The van der Waals surface area contributed by atoms with Crippen molar-refractivity contribution in [2.75, 3.05) is 0 Å². The summed E-state index contributed by atoms with van der Waals surface area (Å²) in [6.07, 6.45) is 6.92. The summed E-state index contributed by atoms with van der Waals surface area (Å²) < 4.78 is 1.47. The van der Waals surface area contributed by atoms with Crippen molar-refractivity contribution in [2.45, 2.75) is 25.7 Å². The van der Waals surface area contributed by atoms with Crippen LogP contribution in [0.25, 0.3) is 15.9 Å². The number of thiophene rings is 1. The molecule has 170 valence electrons. The van der Waals surface area contributed by atoms with Gasteiger partial charge in [-0.3, -0.25) is 24.3 Å². The predicted octanol–water partition coefficient (Wildman–Crippen LogP) is 4.00. The minimum atomic E-state index is -0.499. The number of hydrazone groups is 1. The maximum absolute atomic E-state index is 13.3. The molecule has 0 unspecified atom stereocenters. The van der Waals surface area contributed by atoms with Gasteiger partial charge in [-0.05, 0) is 49.4 Å². The number of benzene rings is 2. The van der Waals surface area contributed by atoms with Gasteiger partial charge < -0.3 is 0 Å². The Balaban J connectivity index is 1.39. The maximum Gasteiger partial charge on any atom is 0.271 e. The number of carbonyl (C=O) groups is 1. The van der Waals surface area contributed by atoms with Gasteiger partial charge in [-0.15, -0.1) is 11.3 Å². The summed E-state index contributed by atoms with van der Waals surface area (Å²) in [6.45, 7) is 0. The number of amides is 1. The van der Waals surface area contributed by atoms with E-state index in [0.717, 1.165) is 36.1 Å². The van der Waals surface area contributed by atoms with E-state index < -0.39 is 10.8 Å². The summed E-state index contributed by atoms with van der Waals surface area (Å²) in [4.78, 5) is 42.8. The fourth-order valence-corrected chi connectivity index (χ4v) is 5.30. The molecule has 1 N–H and O–H groups in total. The second-order valence-electron chi connectivity index (χ2n) is 7.91. The fraction of sp³-hybridized carbons (Fsp3) is 0.167. The van der Waals surface area contributed by atoms with Crippen LogP contribution in [0.4, 0.5) is 5.69 Å². The number of aromatic nitrogens is 2. The maximum atomic E-state index is 13.3. The molecule has 2 aromatic carbocycles. The molecule has 10 heteroatoms. The van der Waals surface area contributed by atoms with Crippen LogP contribution in [-0.4, -0.2) is 26.6 Å². The van der Waals surface area contributed by atoms with Gasteiger partial charge in [0.2, 0.25) is 0 Å². The van der Waals surface area contributed by atoms with Crippen LogP contribution in [0.3, 0.4) is 0 Å². The number of nitrogens with one attached hydrogen (secondary N) is 1. The number of carbonyl (C=O) groups excluding carboxylic acids is 1. The van der Waals surface area contributed by atoms with Gasteiger partial charge in [0.05, 0.1) is 22.2 Å². The molecule has 0 fully saturated rings. The topological polar surface area (TPSA) is 119 Å². The SMILES string of the molecule is O=C(N/N=C/c1cccc([N+](=O)[O-])c1)c1cccc(-n2cnc3sc4c(c3c2=O)CCCC4)c1. The number of rotatable bonds is 5. The molecule has 1 amide bonds. The number of non-ortho nitro benzene ring substituents is 1. The van der Waals surface area contributed by atoms with Gasteiger partial charge in [-0.1, -0.05) is 18.2 Å². The van der Waals surface area contributed by atoms with Crippen LogP contribution in [-0.2, 0) is 12.8 Å². The third-order valence-electron chi connectivity index (χ3n) is 5.72. The third kappa shape index (κ3) is 4.11. The standard InChI is InChI=1S/C24H19N5O4S/c30-22(27-26-13-15-5-3-8-18(11-15)29(32)33)16-6-4-7-17(12-16)28-14-25-23-21(24(28)31)19-9-1-2-10-20(19)34-23/h3-8,11-14H,1-2,9-10H2,(H,27,30)/b26-13+. The van der Waals surface area contributed by atoms with Gasteiger partial charge in [-0.2, -0.15) is 5.10 Å². The number of nitro benzene ring substituents is 1. The van der Waals surface area contributed by atoms with Crippen molar-refractivity contribution in [3.05, 3.63) is 96.9 Å². The lowest BCUT2D eigenvalue weighted by molar-refractivity contribution is -0.384. The van der Waals surface area contributed by atoms with Crippen molar-refractivity contribution >= 4 is 39.4 Å². The van der Waals surface area contributed by atoms with Gasteiger partial charge >= 0.3 is 0 Å². The van der Waals surface area contributed by atoms with E-state index in [9.17, 15) is 19.7 Å². The van der Waals surface area contributed by atoms with Gasteiger partial charge in [-0.25, -0.2) is 10.4 Å². The zero-order valence-corrected chi connectivity index (χ0v) is 18.7. The summed E-state index contributed by atoms with van der Waals surface area (Å²) >= 11 is 1.59. The fourth-order valence-electron chi connectivity index (χ4n) is 4.08. The van der Waals surface area contributed by atoms with Crippen molar-refractivity contribution in [1.29, 1.82) is 0 Å². The Morgan fingerprint density at radius 2 is 2.00 bits per heavy atom. The Kier molecular flexibility index (Phi) is 5.72. The predicted molar refractivity (Wildman–Crippen MR) is 130 cm³/mol. The highest BCUT2D eigenvalue weighted by atomic mass is 32.1. The summed E-state index contributed by atoms with van der Waals surface area (Å²) in [5.74, 6) is -0.474. The molecule has 1 aliphatic rings. The normalized spacial score (nSPS) is 13.2. The first-order chi connectivity index (χ1) is 16.5. The van der Waals surface area contributed by atoms with E-state index in [4.69, 9.17) is 0 Å². The molecule has 0 bridgehead atoms. The largest absolute Gasteiger partial charge is 0.271 e. The second kappa shape index (κ2) is 8.99. The quantitative estimate of drug-likeness (QED) is 0.267. The molecular weight excluding hydrogens is 454 g/mol. The van der Waals surface area contributed by atoms with Crippen LogP contribution < -0.4 is 11.0 Å². The third-order valence-corrected chi connectivity index (χ3v) is 6.92. The Morgan fingerprint density at radius 3 is 2.85 bits per heavy atom. The first kappa shape index (κ1) is 21.7. The minimum absolute atomic E-state index is 0.0640. The van der Waals surface area contributed by atoms with Crippen molar-refractivity contribution in [3.63, 3.8) is 0 Å². The van der Waals surface area contributed by atoms with E-state index in [-0.39, 0.29) is 11.2 Å². The Morgan fingerprint density at radius 1 is 1.18 bits per heavy atom. The van der Waals surface area contributed by atoms with Gasteiger partial charge in [0, 0.05) is 28.1 Å². The van der Waals surface area contributed by atoms with E-state index in [2.05, 4.69) is 15.5 Å². The number of aryl methyl sites for hydroxylation is 2. The van der Waals surface area contributed by atoms with Crippen LogP contribution in [0.1, 0.15) is 39.2 Å². The molecule has 4 aromatic rings. The number of hydrogen-bond donors (Lipinski definition) is 1. The molecule has 0 spiro atoms. The van der Waals surface area contributed by atoms with E-state index in [1.54, 1.807) is 41.7 Å². The second-order valence-corrected chi connectivity index (χ2v) is 9.00. The van der Waals surface area contributed by atoms with Gasteiger partial charge in [0.15, 0.2) is 0 Å². The van der Waals surface area contributed by atoms with E-state index in [0.29, 0.717) is 22.2 Å². The Bertz CT molecular complexity index is 1520. The Hall–Kier alpha value is -4.18. The molecule has 1 aliphatic carbocycles. The lowest BCUT2D eigenvalue weighted by atomic mass is 9.97. The van der Waals surface area contributed by atoms with E-state index >= 15 is 0 Å². The molecule has 34 heavy (non-hydrogen) atoms. The highest BCUT2D eigenvalue weighted by molar-refractivity contribution is 7.18. The minimum Gasteiger partial charge on any atom is -0.268 e. The summed E-state index contributed by atoms with van der Waals surface area (Å²) in [7, 11) is 0. The molecule has 0 aliphatic heterocycles. The van der Waals surface area contributed by atoms with Crippen LogP contribution >= 0.6 is 11.3 Å². The summed E-state index contributed by atoms with van der Waals surface area (Å²) in [6, 6.07) is 12.6. The number of nitrogens with zero attached hydrogens (tertiary/aromatic N) is 4. The first-order valence-corrected chi connectivity index (χ1v) is 11.5. The Labute approximate surface area is 197 Å². The smallest absolute Gasteiger partial charge is 0.268 e. The van der Waals surface area contributed by atoms with Crippen molar-refractivity contribution in [1.82, 2.24) is 15.0 Å². The molecule has 0 saturated heterocycles. The number of nitro groups is 1. The first-order valence-electron chi connectivity index (χ1n) is 10.7. The summed E-state index contributed by atoms with van der Waals surface area (Å²) in [5, 5.41) is 15.5. The molecule has 2 heterocycles. The monoisotopic (exact) mass is 473 g/mol. The van der Waals surface area contributed by atoms with E-state index in [1.807, 2.05) is 0 Å². The average Bonchev–Trinajstić information content (AvgIpc) is 3.24. The summed E-state index contributed by atoms with van der Waals surface area (Å²) in [5.41, 5.74) is 4.66. The zero-order chi connectivity index (χ0) is 23.7. The lowest BCUT2D eigenvalue weighted by Gasteiger charge is -2.11. The van der Waals surface area contributed by atoms with Crippen molar-refractivity contribution < 1.29 is 9.72 Å². The van der Waals surface area contributed by atoms with Crippen LogP contribution in [0, 0.1) is 10.1 Å². The van der Waals surface area contributed by atoms with Crippen LogP contribution in [0.2, 0.25) is 0 Å². The van der Waals surface area contributed by atoms with Crippen molar-refractivity contribution in [2.24, 2.45) is 5.10 Å². The van der Waals surface area contributed by atoms with Crippen LogP contribution in [0.5, 0.6) is 0 Å². The molecule has 2 aromatic heterocycles. The molecule has 0 atom stereocenters. The van der Waals surface area contributed by atoms with Gasteiger partial charge in [0.1, 0.15) is 11.2 Å².